The van der Waals surface area contributed by atoms with Gasteiger partial charge in [0.25, 0.3) is 11.8 Å². The molecule has 0 unspecified atom stereocenters. The second kappa shape index (κ2) is 10.5. The molecule has 206 valence electrons. The molecule has 0 aliphatic rings. The van der Waals surface area contributed by atoms with Gasteiger partial charge in [-0.1, -0.05) is 72.8 Å². The van der Waals surface area contributed by atoms with E-state index in [1.54, 1.807) is 12.1 Å². The van der Waals surface area contributed by atoms with Gasteiger partial charge in [0.05, 0.1) is 11.1 Å². The molecule has 0 aromatic heterocycles. The molecule has 6 aromatic carbocycles. The third-order valence-corrected chi connectivity index (χ3v) is 7.15. The van der Waals surface area contributed by atoms with Gasteiger partial charge in [0, 0.05) is 22.1 Å². The van der Waals surface area contributed by atoms with Crippen molar-refractivity contribution in [3.63, 3.8) is 0 Å². The highest BCUT2D eigenvalue weighted by Crippen LogP contribution is 2.39. The number of phenolic OH excluding ortho intramolecular Hbond substituents is 4. The zero-order chi connectivity index (χ0) is 29.4. The molecule has 0 saturated heterocycles. The van der Waals surface area contributed by atoms with Crippen LogP contribution in [0, 0.1) is 0 Å². The Bertz CT molecular complexity index is 1890. The van der Waals surface area contributed by atoms with E-state index in [9.17, 15) is 30.0 Å². The minimum absolute atomic E-state index is 0.0502. The summed E-state index contributed by atoms with van der Waals surface area (Å²) in [5.74, 6) is -2.88. The molecule has 0 spiro atoms. The number of carbonyl (C=O) groups excluding carboxylic acids is 2. The largest absolute Gasteiger partial charge is 0.504 e. The van der Waals surface area contributed by atoms with Gasteiger partial charge in [-0.15, -0.1) is 0 Å². The van der Waals surface area contributed by atoms with E-state index in [1.165, 1.54) is 36.4 Å². The van der Waals surface area contributed by atoms with Crippen molar-refractivity contribution in [1.82, 2.24) is 0 Å². The zero-order valence-electron chi connectivity index (χ0n) is 22.0. The summed E-state index contributed by atoms with van der Waals surface area (Å²) < 4.78 is 0. The average molecular weight is 557 g/mol. The van der Waals surface area contributed by atoms with E-state index in [0.717, 1.165) is 32.7 Å². The predicted molar refractivity (Wildman–Crippen MR) is 162 cm³/mol. The van der Waals surface area contributed by atoms with Crippen LogP contribution in [0.2, 0.25) is 0 Å². The quantitative estimate of drug-likeness (QED) is 0.127. The van der Waals surface area contributed by atoms with E-state index < -0.39 is 23.3 Å². The Kier molecular flexibility index (Phi) is 6.56. The van der Waals surface area contributed by atoms with Crippen LogP contribution < -0.4 is 10.6 Å². The van der Waals surface area contributed by atoms with E-state index in [1.807, 2.05) is 60.7 Å². The van der Waals surface area contributed by atoms with Gasteiger partial charge in [0.2, 0.25) is 0 Å². The van der Waals surface area contributed by atoms with Crippen LogP contribution in [0.5, 0.6) is 23.0 Å². The molecular weight excluding hydrogens is 532 g/mol. The molecule has 2 amide bonds. The van der Waals surface area contributed by atoms with Gasteiger partial charge < -0.3 is 31.1 Å². The number of phenols is 4. The van der Waals surface area contributed by atoms with Crippen molar-refractivity contribution in [2.45, 2.75) is 0 Å². The standard InChI is InChI=1S/C34H24N2O6/c37-29-17-5-13-25(31(29)39)33(41)35-27-15-3-9-21-19(7-1-11-23(21)27)20-8-2-12-24-22(20)10-4-16-28(24)36-34(42)26-14-6-18-30(38)32(26)40/h1-18,37-40H,(H,35,41)(H,36,42). The highest BCUT2D eigenvalue weighted by Gasteiger charge is 2.18. The van der Waals surface area contributed by atoms with Crippen LogP contribution in [-0.4, -0.2) is 32.2 Å². The van der Waals surface area contributed by atoms with Gasteiger partial charge in [-0.25, -0.2) is 0 Å². The van der Waals surface area contributed by atoms with Crippen LogP contribution in [0.15, 0.2) is 109 Å². The SMILES string of the molecule is O=C(Nc1cccc2c(-c3cccc4c(NC(=O)c5cccc(O)c5O)cccc34)cccc12)c1cccc(O)c1O. The lowest BCUT2D eigenvalue weighted by molar-refractivity contribution is 0.101. The first-order valence-electron chi connectivity index (χ1n) is 13.0. The summed E-state index contributed by atoms with van der Waals surface area (Å²) in [5.41, 5.74) is 2.74. The number of anilines is 2. The summed E-state index contributed by atoms with van der Waals surface area (Å²) in [6, 6.07) is 30.9. The second-order valence-electron chi connectivity index (χ2n) is 9.67. The fourth-order valence-corrected chi connectivity index (χ4v) is 5.12. The van der Waals surface area contributed by atoms with Crippen molar-refractivity contribution in [3.8, 4) is 34.1 Å². The number of aromatic hydroxyl groups is 4. The fraction of sp³-hybridized carbons (Fsp3) is 0. The number of amides is 2. The van der Waals surface area contributed by atoms with Crippen LogP contribution in [0.25, 0.3) is 32.7 Å². The van der Waals surface area contributed by atoms with Gasteiger partial charge in [0.15, 0.2) is 23.0 Å². The monoisotopic (exact) mass is 556 g/mol. The topological polar surface area (TPSA) is 139 Å². The molecule has 0 radical (unpaired) electrons. The van der Waals surface area contributed by atoms with E-state index in [0.29, 0.717) is 11.4 Å². The van der Waals surface area contributed by atoms with Crippen molar-refractivity contribution in [2.75, 3.05) is 10.6 Å². The number of para-hydroxylation sites is 2. The summed E-state index contributed by atoms with van der Waals surface area (Å²) in [6.45, 7) is 0. The van der Waals surface area contributed by atoms with Crippen LogP contribution in [0.4, 0.5) is 11.4 Å². The zero-order valence-corrected chi connectivity index (χ0v) is 22.0. The number of hydrogen-bond donors (Lipinski definition) is 6. The first-order chi connectivity index (χ1) is 20.3. The Labute approximate surface area is 239 Å². The van der Waals surface area contributed by atoms with E-state index in [2.05, 4.69) is 10.6 Å². The first-order valence-corrected chi connectivity index (χ1v) is 13.0. The summed E-state index contributed by atoms with van der Waals surface area (Å²) >= 11 is 0. The van der Waals surface area contributed by atoms with Crippen LogP contribution in [0.3, 0.4) is 0 Å². The highest BCUT2D eigenvalue weighted by atomic mass is 16.3. The lowest BCUT2D eigenvalue weighted by atomic mass is 9.93. The Hall–Kier alpha value is -6.02. The van der Waals surface area contributed by atoms with Gasteiger partial charge in [0.1, 0.15) is 0 Å². The van der Waals surface area contributed by atoms with E-state index >= 15 is 0 Å². The highest BCUT2D eigenvalue weighted by molar-refractivity contribution is 6.16. The molecule has 0 bridgehead atoms. The average Bonchev–Trinajstić information content (AvgIpc) is 2.99. The van der Waals surface area contributed by atoms with Crippen molar-refractivity contribution in [3.05, 3.63) is 120 Å². The second-order valence-corrected chi connectivity index (χ2v) is 9.67. The third kappa shape index (κ3) is 4.56. The Morgan fingerprint density at radius 3 is 1.21 bits per heavy atom. The molecule has 0 aliphatic heterocycles. The van der Waals surface area contributed by atoms with Gasteiger partial charge in [-0.3, -0.25) is 9.59 Å². The normalized spacial score (nSPS) is 11.0. The smallest absolute Gasteiger partial charge is 0.259 e. The Balaban J connectivity index is 1.40. The number of carbonyl (C=O) groups is 2. The molecule has 6 N–H and O–H groups in total. The van der Waals surface area contributed by atoms with Crippen LogP contribution >= 0.6 is 0 Å². The van der Waals surface area contributed by atoms with E-state index in [-0.39, 0.29) is 22.6 Å². The summed E-state index contributed by atoms with van der Waals surface area (Å²) in [6.07, 6.45) is 0. The number of fused-ring (bicyclic) bond motifs is 2. The molecule has 8 nitrogen and oxygen atoms in total. The molecule has 0 heterocycles. The van der Waals surface area contributed by atoms with Crippen molar-refractivity contribution >= 4 is 44.7 Å². The number of hydrogen-bond acceptors (Lipinski definition) is 6. The Morgan fingerprint density at radius 2 is 0.786 bits per heavy atom. The van der Waals surface area contributed by atoms with Gasteiger partial charge >= 0.3 is 0 Å². The molecule has 42 heavy (non-hydrogen) atoms. The molecule has 0 fully saturated rings. The summed E-state index contributed by atoms with van der Waals surface area (Å²) in [4.78, 5) is 26.0. The summed E-state index contributed by atoms with van der Waals surface area (Å²) in [7, 11) is 0. The van der Waals surface area contributed by atoms with Gasteiger partial charge in [-0.05, 0) is 58.3 Å². The predicted octanol–water partition coefficient (Wildman–Crippen LogP) is 6.99. The molecule has 6 aromatic rings. The maximum absolute atomic E-state index is 13.0. The minimum atomic E-state index is -0.565. The lowest BCUT2D eigenvalue weighted by Gasteiger charge is -2.15. The maximum atomic E-state index is 13.0. The summed E-state index contributed by atoms with van der Waals surface area (Å²) in [5, 5.41) is 48.9. The fourth-order valence-electron chi connectivity index (χ4n) is 5.12. The number of rotatable bonds is 5. The van der Waals surface area contributed by atoms with Gasteiger partial charge in [-0.2, -0.15) is 0 Å². The van der Waals surface area contributed by atoms with Crippen molar-refractivity contribution < 1.29 is 30.0 Å². The van der Waals surface area contributed by atoms with Crippen LogP contribution in [-0.2, 0) is 0 Å². The molecule has 0 saturated carbocycles. The third-order valence-electron chi connectivity index (χ3n) is 7.15. The van der Waals surface area contributed by atoms with Crippen molar-refractivity contribution in [1.29, 1.82) is 0 Å². The molecular formula is C34H24N2O6. The molecule has 0 aliphatic carbocycles. The minimum Gasteiger partial charge on any atom is -0.504 e. The molecule has 0 atom stereocenters. The molecule has 8 heteroatoms. The van der Waals surface area contributed by atoms with Crippen LogP contribution in [0.1, 0.15) is 20.7 Å². The molecule has 6 rings (SSSR count). The van der Waals surface area contributed by atoms with Crippen molar-refractivity contribution in [2.24, 2.45) is 0 Å². The first kappa shape index (κ1) is 26.2. The number of benzene rings is 6. The maximum Gasteiger partial charge on any atom is 0.259 e. The lowest BCUT2D eigenvalue weighted by Crippen LogP contribution is -2.12. The van der Waals surface area contributed by atoms with E-state index in [4.69, 9.17) is 0 Å². The number of nitrogens with one attached hydrogen (secondary N) is 2. The Morgan fingerprint density at radius 1 is 0.429 bits per heavy atom.